The van der Waals surface area contributed by atoms with E-state index in [1.54, 1.807) is 0 Å². The van der Waals surface area contributed by atoms with Crippen molar-refractivity contribution in [1.29, 1.82) is 0 Å². The fraction of sp³-hybridized carbons (Fsp3) is 0.562. The van der Waals surface area contributed by atoms with Crippen molar-refractivity contribution in [3.63, 3.8) is 0 Å². The number of likely N-dealkylation sites (tertiary alicyclic amines) is 1. The van der Waals surface area contributed by atoms with Gasteiger partial charge in [-0.2, -0.15) is 0 Å². The van der Waals surface area contributed by atoms with Crippen molar-refractivity contribution in [2.45, 2.75) is 32.6 Å². The van der Waals surface area contributed by atoms with E-state index in [9.17, 15) is 4.79 Å². The molecule has 0 unspecified atom stereocenters. The predicted molar refractivity (Wildman–Crippen MR) is 82.5 cm³/mol. The number of carbonyl (C=O) groups excluding carboxylic acids is 1. The van der Waals surface area contributed by atoms with Gasteiger partial charge in [0.1, 0.15) is 0 Å². The fourth-order valence-electron chi connectivity index (χ4n) is 2.61. The zero-order chi connectivity index (χ0) is 14.5. The lowest BCUT2D eigenvalue weighted by Crippen LogP contribution is -2.36. The first-order valence-electron chi connectivity index (χ1n) is 7.43. The molecule has 20 heavy (non-hydrogen) atoms. The lowest BCUT2D eigenvalue weighted by atomic mass is 9.89. The number of hydrogen-bond acceptors (Lipinski definition) is 3. The van der Waals surface area contributed by atoms with Crippen molar-refractivity contribution < 1.29 is 4.79 Å². The van der Waals surface area contributed by atoms with Crippen LogP contribution < -0.4 is 11.1 Å². The van der Waals surface area contributed by atoms with Crippen LogP contribution in [0.1, 0.15) is 38.2 Å². The second-order valence-corrected chi connectivity index (χ2v) is 5.84. The van der Waals surface area contributed by atoms with Crippen molar-refractivity contribution in [3.05, 3.63) is 29.8 Å². The quantitative estimate of drug-likeness (QED) is 0.887. The zero-order valence-electron chi connectivity index (χ0n) is 12.4. The third-order valence-electron chi connectivity index (χ3n) is 4.00. The van der Waals surface area contributed by atoms with E-state index >= 15 is 0 Å². The number of rotatable bonds is 4. The van der Waals surface area contributed by atoms with Crippen LogP contribution >= 0.6 is 0 Å². The largest absolute Gasteiger partial charge is 0.326 e. The summed E-state index contributed by atoms with van der Waals surface area (Å²) in [6, 6.07) is 8.26. The molecule has 0 radical (unpaired) electrons. The minimum absolute atomic E-state index is 0.00597. The third kappa shape index (κ3) is 3.81. The van der Waals surface area contributed by atoms with Gasteiger partial charge in [-0.1, -0.05) is 26.0 Å². The molecule has 4 heteroatoms. The van der Waals surface area contributed by atoms with Crippen LogP contribution in [0.15, 0.2) is 24.3 Å². The predicted octanol–water partition coefficient (Wildman–Crippen LogP) is 2.38. The van der Waals surface area contributed by atoms with Gasteiger partial charge in [-0.15, -0.1) is 0 Å². The van der Waals surface area contributed by atoms with Gasteiger partial charge in [0.05, 0.1) is 0 Å². The summed E-state index contributed by atoms with van der Waals surface area (Å²) in [5, 5.41) is 2.97. The first-order chi connectivity index (χ1) is 9.60. The van der Waals surface area contributed by atoms with Gasteiger partial charge in [-0.25, -0.2) is 0 Å². The van der Waals surface area contributed by atoms with E-state index in [1.165, 1.54) is 5.56 Å². The molecule has 1 fully saturated rings. The van der Waals surface area contributed by atoms with E-state index in [0.29, 0.717) is 12.6 Å². The molecule has 1 aromatic carbocycles. The number of amides is 1. The molecule has 0 aromatic heterocycles. The van der Waals surface area contributed by atoms with E-state index in [-0.39, 0.29) is 11.8 Å². The summed E-state index contributed by atoms with van der Waals surface area (Å²) < 4.78 is 0. The van der Waals surface area contributed by atoms with E-state index in [4.69, 9.17) is 5.73 Å². The topological polar surface area (TPSA) is 58.4 Å². The maximum atomic E-state index is 11.7. The molecule has 0 saturated carbocycles. The van der Waals surface area contributed by atoms with Gasteiger partial charge in [0.2, 0.25) is 5.91 Å². The molecule has 1 aliphatic rings. The number of nitrogens with one attached hydrogen (secondary N) is 1. The Morgan fingerprint density at radius 3 is 2.70 bits per heavy atom. The maximum Gasteiger partial charge on any atom is 0.226 e. The monoisotopic (exact) mass is 275 g/mol. The van der Waals surface area contributed by atoms with Crippen molar-refractivity contribution in [3.8, 4) is 0 Å². The molecular weight excluding hydrogens is 250 g/mol. The molecule has 1 heterocycles. The highest BCUT2D eigenvalue weighted by Crippen LogP contribution is 2.29. The Hall–Kier alpha value is -1.39. The molecule has 1 aliphatic heterocycles. The Labute approximate surface area is 121 Å². The highest BCUT2D eigenvalue weighted by atomic mass is 16.1. The van der Waals surface area contributed by atoms with Crippen LogP contribution in [0.25, 0.3) is 0 Å². The molecule has 0 spiro atoms. The van der Waals surface area contributed by atoms with Crippen molar-refractivity contribution in [1.82, 2.24) is 4.90 Å². The minimum atomic E-state index is 0.00597. The average molecular weight is 275 g/mol. The Morgan fingerprint density at radius 2 is 2.10 bits per heavy atom. The SMILES string of the molecule is CC(C)C(=O)Nc1cccc(C2CCN(CN)CC2)c1. The summed E-state index contributed by atoms with van der Waals surface area (Å²) >= 11 is 0. The number of piperidine rings is 1. The summed E-state index contributed by atoms with van der Waals surface area (Å²) in [7, 11) is 0. The van der Waals surface area contributed by atoms with Crippen molar-refractivity contribution in [2.24, 2.45) is 11.7 Å². The standard InChI is InChI=1S/C16H25N3O/c1-12(2)16(20)18-15-5-3-4-14(10-15)13-6-8-19(11-17)9-7-13/h3-5,10,12-13H,6-9,11,17H2,1-2H3,(H,18,20). The van der Waals surface area contributed by atoms with E-state index in [0.717, 1.165) is 31.6 Å². The summed E-state index contributed by atoms with van der Waals surface area (Å²) in [5.74, 6) is 0.653. The molecule has 1 amide bonds. The lowest BCUT2D eigenvalue weighted by molar-refractivity contribution is -0.118. The van der Waals surface area contributed by atoms with Crippen LogP contribution in [-0.4, -0.2) is 30.6 Å². The zero-order valence-corrected chi connectivity index (χ0v) is 12.4. The van der Waals surface area contributed by atoms with Crippen molar-refractivity contribution in [2.75, 3.05) is 25.1 Å². The van der Waals surface area contributed by atoms with Crippen LogP contribution in [0.5, 0.6) is 0 Å². The highest BCUT2D eigenvalue weighted by Gasteiger charge is 2.20. The molecule has 3 N–H and O–H groups in total. The molecule has 0 atom stereocenters. The van der Waals surface area contributed by atoms with Gasteiger partial charge in [-0.3, -0.25) is 9.69 Å². The van der Waals surface area contributed by atoms with Crippen molar-refractivity contribution >= 4 is 11.6 Å². The van der Waals surface area contributed by atoms with Gasteiger partial charge in [0.25, 0.3) is 0 Å². The smallest absolute Gasteiger partial charge is 0.226 e. The number of benzene rings is 1. The van der Waals surface area contributed by atoms with Gasteiger partial charge in [0, 0.05) is 18.3 Å². The summed E-state index contributed by atoms with van der Waals surface area (Å²) in [4.78, 5) is 14.0. The van der Waals surface area contributed by atoms with Gasteiger partial charge >= 0.3 is 0 Å². The number of hydrogen-bond donors (Lipinski definition) is 2. The third-order valence-corrected chi connectivity index (χ3v) is 4.00. The summed E-state index contributed by atoms with van der Waals surface area (Å²) in [5.41, 5.74) is 7.90. The van der Waals surface area contributed by atoms with Crippen LogP contribution in [0.4, 0.5) is 5.69 Å². The Kier molecular flexibility index (Phi) is 5.15. The average Bonchev–Trinajstić information content (AvgIpc) is 2.47. The van der Waals surface area contributed by atoms with Crippen LogP contribution in [0, 0.1) is 5.92 Å². The minimum Gasteiger partial charge on any atom is -0.326 e. The van der Waals surface area contributed by atoms with E-state index in [1.807, 2.05) is 26.0 Å². The fourth-order valence-corrected chi connectivity index (χ4v) is 2.61. The molecular formula is C16H25N3O. The summed E-state index contributed by atoms with van der Waals surface area (Å²) in [6.07, 6.45) is 2.28. The maximum absolute atomic E-state index is 11.7. The second kappa shape index (κ2) is 6.86. The number of nitrogens with zero attached hydrogens (tertiary/aromatic N) is 1. The Bertz CT molecular complexity index is 451. The number of nitrogens with two attached hydrogens (primary N) is 1. The molecule has 1 saturated heterocycles. The number of anilines is 1. The molecule has 1 aromatic rings. The van der Waals surface area contributed by atoms with Crippen LogP contribution in [-0.2, 0) is 4.79 Å². The van der Waals surface area contributed by atoms with Crippen LogP contribution in [0.2, 0.25) is 0 Å². The first kappa shape index (κ1) is 15.0. The van der Waals surface area contributed by atoms with Gasteiger partial charge in [0.15, 0.2) is 0 Å². The normalized spacial score (nSPS) is 17.4. The molecule has 0 aliphatic carbocycles. The first-order valence-corrected chi connectivity index (χ1v) is 7.43. The molecule has 4 nitrogen and oxygen atoms in total. The molecule has 0 bridgehead atoms. The Morgan fingerprint density at radius 1 is 1.40 bits per heavy atom. The van der Waals surface area contributed by atoms with Gasteiger partial charge < -0.3 is 11.1 Å². The van der Waals surface area contributed by atoms with Crippen LogP contribution in [0.3, 0.4) is 0 Å². The van der Waals surface area contributed by atoms with Gasteiger partial charge in [-0.05, 0) is 49.5 Å². The van der Waals surface area contributed by atoms with E-state index < -0.39 is 0 Å². The molecule has 2 rings (SSSR count). The second-order valence-electron chi connectivity index (χ2n) is 5.84. The number of carbonyl (C=O) groups is 1. The Balaban J connectivity index is 2.01. The van der Waals surface area contributed by atoms with E-state index in [2.05, 4.69) is 22.3 Å². The highest BCUT2D eigenvalue weighted by molar-refractivity contribution is 5.92. The summed E-state index contributed by atoms with van der Waals surface area (Å²) in [6.45, 7) is 6.58. The lowest BCUT2D eigenvalue weighted by Gasteiger charge is -2.31. The molecule has 110 valence electrons.